The fourth-order valence-electron chi connectivity index (χ4n) is 3.01. The molecule has 1 aliphatic rings. The molecule has 2 aromatic rings. The van der Waals surface area contributed by atoms with Gasteiger partial charge >= 0.3 is 5.97 Å². The molecule has 3 nitrogen and oxygen atoms in total. The molecule has 1 aromatic heterocycles. The van der Waals surface area contributed by atoms with E-state index in [1.54, 1.807) is 6.08 Å². The first-order valence-electron chi connectivity index (χ1n) is 8.20. The van der Waals surface area contributed by atoms with Crippen LogP contribution in [0.1, 0.15) is 40.9 Å². The van der Waals surface area contributed by atoms with Crippen molar-refractivity contribution in [3.8, 4) is 0 Å². The molecule has 24 heavy (non-hydrogen) atoms. The zero-order valence-electron chi connectivity index (χ0n) is 14.1. The molecule has 0 bridgehead atoms. The lowest BCUT2D eigenvalue weighted by Gasteiger charge is -2.20. The van der Waals surface area contributed by atoms with Crippen LogP contribution in [0.5, 0.6) is 0 Å². The van der Waals surface area contributed by atoms with Crippen LogP contribution in [0.3, 0.4) is 0 Å². The molecule has 3 heteroatoms. The molecule has 0 spiro atoms. The summed E-state index contributed by atoms with van der Waals surface area (Å²) >= 11 is 0. The molecule has 1 aromatic carbocycles. The Morgan fingerprint density at radius 2 is 2.00 bits per heavy atom. The van der Waals surface area contributed by atoms with Crippen LogP contribution in [0.15, 0.2) is 42.5 Å². The molecule has 0 saturated heterocycles. The predicted molar refractivity (Wildman–Crippen MR) is 97.3 cm³/mol. The van der Waals surface area contributed by atoms with E-state index in [0.717, 1.165) is 36.2 Å². The van der Waals surface area contributed by atoms with Crippen LogP contribution < -0.4 is 0 Å². The second-order valence-electron chi connectivity index (χ2n) is 5.96. The van der Waals surface area contributed by atoms with Gasteiger partial charge in [-0.05, 0) is 66.7 Å². The number of aryl methyl sites for hydroxylation is 2. The van der Waals surface area contributed by atoms with Crippen molar-refractivity contribution < 1.29 is 9.53 Å². The van der Waals surface area contributed by atoms with Gasteiger partial charge in [0.2, 0.25) is 0 Å². The molecule has 0 unspecified atom stereocenters. The molecule has 1 aliphatic carbocycles. The second-order valence-corrected chi connectivity index (χ2v) is 5.96. The van der Waals surface area contributed by atoms with Crippen molar-refractivity contribution >= 4 is 23.7 Å². The molecular formula is C21H21NO2. The van der Waals surface area contributed by atoms with Gasteiger partial charge in [-0.15, -0.1) is 0 Å². The summed E-state index contributed by atoms with van der Waals surface area (Å²) in [5.41, 5.74) is 6.73. The maximum absolute atomic E-state index is 11.3. The number of hydrogen-bond donors (Lipinski definition) is 0. The van der Waals surface area contributed by atoms with Gasteiger partial charge in [0.15, 0.2) is 0 Å². The van der Waals surface area contributed by atoms with Crippen molar-refractivity contribution in [3.05, 3.63) is 70.6 Å². The standard InChI is InChI=1S/C21H21NO2/c1-15-17(11-12-20(23)24-2)14-19-10-6-9-18(21(19)22-15)13-16-7-4-3-5-8-16/h3-5,7-8,11-14H,6,9-10H2,1-2H3/b12-11+,18-13-. The first kappa shape index (κ1) is 16.2. The number of methoxy groups -OCH3 is 1. The molecule has 0 radical (unpaired) electrons. The number of hydrogen-bond acceptors (Lipinski definition) is 3. The number of nitrogens with zero attached hydrogens (tertiary/aromatic N) is 1. The predicted octanol–water partition coefficient (Wildman–Crippen LogP) is 4.45. The number of esters is 1. The highest BCUT2D eigenvalue weighted by atomic mass is 16.5. The summed E-state index contributed by atoms with van der Waals surface area (Å²) in [5, 5.41) is 0. The van der Waals surface area contributed by atoms with Gasteiger partial charge in [0, 0.05) is 11.8 Å². The van der Waals surface area contributed by atoms with E-state index in [4.69, 9.17) is 4.98 Å². The summed E-state index contributed by atoms with van der Waals surface area (Å²) in [6, 6.07) is 12.5. The molecule has 0 N–H and O–H groups in total. The third-order valence-corrected chi connectivity index (χ3v) is 4.27. The lowest BCUT2D eigenvalue weighted by molar-refractivity contribution is -0.134. The number of ether oxygens (including phenoxy) is 1. The van der Waals surface area contributed by atoms with E-state index in [1.165, 1.54) is 29.9 Å². The average molecular weight is 319 g/mol. The molecule has 1 heterocycles. The maximum atomic E-state index is 11.3. The molecule has 3 rings (SSSR count). The Morgan fingerprint density at radius 3 is 2.75 bits per heavy atom. The Morgan fingerprint density at radius 1 is 1.21 bits per heavy atom. The number of fused-ring (bicyclic) bond motifs is 1. The summed E-state index contributed by atoms with van der Waals surface area (Å²) in [7, 11) is 1.38. The first-order chi connectivity index (χ1) is 11.7. The monoisotopic (exact) mass is 319 g/mol. The van der Waals surface area contributed by atoms with Gasteiger partial charge in [0.25, 0.3) is 0 Å². The van der Waals surface area contributed by atoms with Crippen LogP contribution in [0, 0.1) is 6.92 Å². The quantitative estimate of drug-likeness (QED) is 0.619. The zero-order chi connectivity index (χ0) is 16.9. The van der Waals surface area contributed by atoms with Gasteiger partial charge < -0.3 is 4.74 Å². The minimum Gasteiger partial charge on any atom is -0.466 e. The van der Waals surface area contributed by atoms with E-state index in [9.17, 15) is 4.79 Å². The van der Waals surface area contributed by atoms with E-state index >= 15 is 0 Å². The Hall–Kier alpha value is -2.68. The fourth-order valence-corrected chi connectivity index (χ4v) is 3.01. The summed E-state index contributed by atoms with van der Waals surface area (Å²) in [4.78, 5) is 16.1. The van der Waals surface area contributed by atoms with Crippen LogP contribution in [-0.4, -0.2) is 18.1 Å². The maximum Gasteiger partial charge on any atom is 0.330 e. The number of carbonyl (C=O) groups excluding carboxylic acids is 1. The number of benzene rings is 1. The SMILES string of the molecule is COC(=O)/C=C/c1cc2c(nc1C)/C(=C\c1ccccc1)CCC2. The van der Waals surface area contributed by atoms with Crippen molar-refractivity contribution in [2.75, 3.05) is 7.11 Å². The van der Waals surface area contributed by atoms with E-state index in [-0.39, 0.29) is 5.97 Å². The third-order valence-electron chi connectivity index (χ3n) is 4.27. The van der Waals surface area contributed by atoms with Crippen molar-refractivity contribution in [2.45, 2.75) is 26.2 Å². The molecular weight excluding hydrogens is 298 g/mol. The molecule has 0 atom stereocenters. The highest BCUT2D eigenvalue weighted by Gasteiger charge is 2.17. The molecule has 0 amide bonds. The van der Waals surface area contributed by atoms with Crippen LogP contribution >= 0.6 is 0 Å². The number of rotatable bonds is 3. The van der Waals surface area contributed by atoms with Crippen molar-refractivity contribution in [1.82, 2.24) is 4.98 Å². The highest BCUT2D eigenvalue weighted by Crippen LogP contribution is 2.32. The van der Waals surface area contributed by atoms with E-state index in [1.807, 2.05) is 13.0 Å². The second kappa shape index (κ2) is 7.26. The van der Waals surface area contributed by atoms with Crippen molar-refractivity contribution in [2.24, 2.45) is 0 Å². The number of allylic oxidation sites excluding steroid dienone is 1. The molecule has 0 fully saturated rings. The van der Waals surface area contributed by atoms with Crippen LogP contribution in [-0.2, 0) is 16.0 Å². The summed E-state index contributed by atoms with van der Waals surface area (Å²) in [6.07, 6.45) is 8.65. The van der Waals surface area contributed by atoms with Crippen LogP contribution in [0.25, 0.3) is 17.7 Å². The minimum atomic E-state index is -0.350. The lowest BCUT2D eigenvalue weighted by Crippen LogP contribution is -2.07. The summed E-state index contributed by atoms with van der Waals surface area (Å²) in [5.74, 6) is -0.350. The number of carbonyl (C=O) groups is 1. The topological polar surface area (TPSA) is 39.2 Å². The van der Waals surface area contributed by atoms with E-state index < -0.39 is 0 Å². The first-order valence-corrected chi connectivity index (χ1v) is 8.20. The number of pyridine rings is 1. The highest BCUT2D eigenvalue weighted by molar-refractivity contribution is 5.87. The Bertz CT molecular complexity index is 804. The Balaban J connectivity index is 1.97. The smallest absolute Gasteiger partial charge is 0.330 e. The van der Waals surface area contributed by atoms with Gasteiger partial charge in [-0.3, -0.25) is 4.98 Å². The fraction of sp³-hybridized carbons (Fsp3) is 0.238. The van der Waals surface area contributed by atoms with Crippen molar-refractivity contribution in [3.63, 3.8) is 0 Å². The normalized spacial score (nSPS) is 15.5. The lowest BCUT2D eigenvalue weighted by atomic mass is 9.89. The average Bonchev–Trinajstić information content (AvgIpc) is 2.61. The summed E-state index contributed by atoms with van der Waals surface area (Å²) < 4.78 is 4.65. The van der Waals surface area contributed by atoms with Gasteiger partial charge in [-0.25, -0.2) is 4.79 Å². The summed E-state index contributed by atoms with van der Waals surface area (Å²) in [6.45, 7) is 1.98. The van der Waals surface area contributed by atoms with Crippen LogP contribution in [0.4, 0.5) is 0 Å². The van der Waals surface area contributed by atoms with Gasteiger partial charge in [0.1, 0.15) is 0 Å². The Labute approximate surface area is 142 Å². The van der Waals surface area contributed by atoms with Crippen molar-refractivity contribution in [1.29, 1.82) is 0 Å². The third kappa shape index (κ3) is 3.62. The van der Waals surface area contributed by atoms with E-state index in [0.29, 0.717) is 0 Å². The van der Waals surface area contributed by atoms with Gasteiger partial charge in [-0.2, -0.15) is 0 Å². The van der Waals surface area contributed by atoms with Crippen LogP contribution in [0.2, 0.25) is 0 Å². The zero-order valence-corrected chi connectivity index (χ0v) is 14.1. The Kier molecular flexibility index (Phi) is 4.90. The van der Waals surface area contributed by atoms with E-state index in [2.05, 4.69) is 41.1 Å². The number of aromatic nitrogens is 1. The largest absolute Gasteiger partial charge is 0.466 e. The van der Waals surface area contributed by atoms with Gasteiger partial charge in [-0.1, -0.05) is 30.3 Å². The molecule has 0 aliphatic heterocycles. The van der Waals surface area contributed by atoms with Gasteiger partial charge in [0.05, 0.1) is 12.8 Å². The minimum absolute atomic E-state index is 0.350. The molecule has 122 valence electrons. The molecule has 0 saturated carbocycles.